The van der Waals surface area contributed by atoms with E-state index in [-0.39, 0.29) is 5.91 Å². The fourth-order valence-corrected chi connectivity index (χ4v) is 1.66. The quantitative estimate of drug-likeness (QED) is 0.793. The van der Waals surface area contributed by atoms with E-state index in [1.165, 1.54) is 0 Å². The SMILES string of the molecule is O=C(NCCn1ccnn1)c1ccccc1S. The Kier molecular flexibility index (Phi) is 3.77. The molecule has 0 aliphatic carbocycles. The van der Waals surface area contributed by atoms with Crippen molar-refractivity contribution in [2.75, 3.05) is 6.54 Å². The molecule has 0 saturated heterocycles. The van der Waals surface area contributed by atoms with E-state index in [0.29, 0.717) is 23.5 Å². The zero-order valence-corrected chi connectivity index (χ0v) is 9.97. The van der Waals surface area contributed by atoms with E-state index in [1.54, 1.807) is 29.2 Å². The van der Waals surface area contributed by atoms with Crippen molar-refractivity contribution in [2.24, 2.45) is 0 Å². The van der Waals surface area contributed by atoms with E-state index >= 15 is 0 Å². The van der Waals surface area contributed by atoms with E-state index in [0.717, 1.165) is 0 Å². The molecule has 0 spiro atoms. The second-order valence-corrected chi connectivity index (χ2v) is 3.92. The highest BCUT2D eigenvalue weighted by atomic mass is 32.1. The van der Waals surface area contributed by atoms with Gasteiger partial charge in [0.25, 0.3) is 5.91 Å². The number of carbonyl (C=O) groups excluding carboxylic acids is 1. The van der Waals surface area contributed by atoms with E-state index < -0.39 is 0 Å². The Bertz CT molecular complexity index is 498. The Balaban J connectivity index is 1.88. The summed E-state index contributed by atoms with van der Waals surface area (Å²) in [4.78, 5) is 12.5. The molecule has 1 aromatic heterocycles. The first-order valence-corrected chi connectivity index (χ1v) is 5.62. The molecular weight excluding hydrogens is 236 g/mol. The standard InChI is InChI=1S/C11H12N4OS/c16-11(9-3-1-2-4-10(9)17)12-5-7-15-8-6-13-14-15/h1-4,6,8,17H,5,7H2,(H,12,16). The Labute approximate surface area is 104 Å². The summed E-state index contributed by atoms with van der Waals surface area (Å²) in [6, 6.07) is 7.18. The van der Waals surface area contributed by atoms with Gasteiger partial charge < -0.3 is 5.32 Å². The van der Waals surface area contributed by atoms with Gasteiger partial charge in [0.15, 0.2) is 0 Å². The minimum Gasteiger partial charge on any atom is -0.350 e. The van der Waals surface area contributed by atoms with Crippen LogP contribution in [0.2, 0.25) is 0 Å². The number of rotatable bonds is 4. The molecule has 17 heavy (non-hydrogen) atoms. The summed E-state index contributed by atoms with van der Waals surface area (Å²) < 4.78 is 1.66. The van der Waals surface area contributed by atoms with Gasteiger partial charge in [-0.2, -0.15) is 0 Å². The summed E-state index contributed by atoms with van der Waals surface area (Å²) in [5.41, 5.74) is 0.578. The molecule has 1 N–H and O–H groups in total. The summed E-state index contributed by atoms with van der Waals surface area (Å²) in [6.45, 7) is 1.10. The lowest BCUT2D eigenvalue weighted by Gasteiger charge is -2.06. The largest absolute Gasteiger partial charge is 0.350 e. The second-order valence-electron chi connectivity index (χ2n) is 3.44. The van der Waals surface area contributed by atoms with Crippen molar-refractivity contribution in [3.05, 3.63) is 42.2 Å². The fraction of sp³-hybridized carbons (Fsp3) is 0.182. The van der Waals surface area contributed by atoms with Crippen LogP contribution in [0.3, 0.4) is 0 Å². The highest BCUT2D eigenvalue weighted by Gasteiger charge is 2.07. The number of amides is 1. The summed E-state index contributed by atoms with van der Waals surface area (Å²) in [7, 11) is 0. The number of nitrogens with zero attached hydrogens (tertiary/aromatic N) is 3. The average Bonchev–Trinajstić information content (AvgIpc) is 2.82. The Hall–Kier alpha value is -1.82. The molecule has 0 unspecified atom stereocenters. The summed E-state index contributed by atoms with van der Waals surface area (Å²) >= 11 is 4.23. The van der Waals surface area contributed by atoms with Crippen molar-refractivity contribution in [3.8, 4) is 0 Å². The topological polar surface area (TPSA) is 59.8 Å². The van der Waals surface area contributed by atoms with Gasteiger partial charge >= 0.3 is 0 Å². The minimum absolute atomic E-state index is 0.129. The van der Waals surface area contributed by atoms with Crippen LogP contribution in [-0.2, 0) is 6.54 Å². The van der Waals surface area contributed by atoms with E-state index in [9.17, 15) is 4.79 Å². The van der Waals surface area contributed by atoms with Gasteiger partial charge in [0, 0.05) is 17.6 Å². The summed E-state index contributed by atoms with van der Waals surface area (Å²) in [5, 5.41) is 10.3. The van der Waals surface area contributed by atoms with Crippen LogP contribution < -0.4 is 5.32 Å². The van der Waals surface area contributed by atoms with Crippen molar-refractivity contribution in [1.29, 1.82) is 0 Å². The molecule has 0 fully saturated rings. The number of nitrogens with one attached hydrogen (secondary N) is 1. The molecule has 2 aromatic rings. The van der Waals surface area contributed by atoms with Gasteiger partial charge in [0.2, 0.25) is 0 Å². The molecule has 0 saturated carbocycles. The van der Waals surface area contributed by atoms with Crippen LogP contribution in [0.5, 0.6) is 0 Å². The van der Waals surface area contributed by atoms with Gasteiger partial charge in [-0.1, -0.05) is 17.3 Å². The van der Waals surface area contributed by atoms with Crippen molar-refractivity contribution in [2.45, 2.75) is 11.4 Å². The number of benzene rings is 1. The van der Waals surface area contributed by atoms with Crippen molar-refractivity contribution in [1.82, 2.24) is 20.3 Å². The van der Waals surface area contributed by atoms with Crippen molar-refractivity contribution in [3.63, 3.8) is 0 Å². The number of thiol groups is 1. The van der Waals surface area contributed by atoms with Crippen LogP contribution in [0, 0.1) is 0 Å². The molecule has 2 rings (SSSR count). The van der Waals surface area contributed by atoms with Crippen LogP contribution in [0.1, 0.15) is 10.4 Å². The fourth-order valence-electron chi connectivity index (χ4n) is 1.40. The molecular formula is C11H12N4OS. The molecule has 1 aromatic carbocycles. The molecule has 1 heterocycles. The number of hydrogen-bond donors (Lipinski definition) is 2. The van der Waals surface area contributed by atoms with Crippen LogP contribution in [0.15, 0.2) is 41.6 Å². The molecule has 0 bridgehead atoms. The average molecular weight is 248 g/mol. The van der Waals surface area contributed by atoms with Crippen molar-refractivity contribution >= 4 is 18.5 Å². The van der Waals surface area contributed by atoms with Crippen LogP contribution in [-0.4, -0.2) is 27.4 Å². The first kappa shape index (κ1) is 11.7. The third kappa shape index (κ3) is 3.07. The number of carbonyl (C=O) groups is 1. The predicted molar refractivity (Wildman–Crippen MR) is 66.0 cm³/mol. The molecule has 5 nitrogen and oxygen atoms in total. The van der Waals surface area contributed by atoms with E-state index in [1.807, 2.05) is 12.1 Å². The maximum atomic E-state index is 11.8. The second kappa shape index (κ2) is 5.49. The summed E-state index contributed by atoms with van der Waals surface area (Å²) in [6.07, 6.45) is 3.35. The minimum atomic E-state index is -0.129. The maximum Gasteiger partial charge on any atom is 0.252 e. The lowest BCUT2D eigenvalue weighted by Crippen LogP contribution is -2.27. The van der Waals surface area contributed by atoms with Gasteiger partial charge in [-0.3, -0.25) is 9.48 Å². The van der Waals surface area contributed by atoms with Crippen LogP contribution in [0.25, 0.3) is 0 Å². The van der Waals surface area contributed by atoms with Crippen LogP contribution >= 0.6 is 12.6 Å². The Morgan fingerprint density at radius 3 is 2.94 bits per heavy atom. The highest BCUT2D eigenvalue weighted by molar-refractivity contribution is 7.80. The maximum absolute atomic E-state index is 11.8. The lowest BCUT2D eigenvalue weighted by molar-refractivity contribution is 0.0949. The van der Waals surface area contributed by atoms with Gasteiger partial charge in [-0.05, 0) is 12.1 Å². The smallest absolute Gasteiger partial charge is 0.252 e. The number of aromatic nitrogens is 3. The van der Waals surface area contributed by atoms with Gasteiger partial charge in [-0.15, -0.1) is 17.7 Å². The van der Waals surface area contributed by atoms with Gasteiger partial charge in [-0.25, -0.2) is 0 Å². The Morgan fingerprint density at radius 1 is 1.41 bits per heavy atom. The molecule has 0 atom stereocenters. The van der Waals surface area contributed by atoms with Gasteiger partial charge in [0.1, 0.15) is 0 Å². The molecule has 0 radical (unpaired) electrons. The third-order valence-electron chi connectivity index (χ3n) is 2.25. The monoisotopic (exact) mass is 248 g/mol. The van der Waals surface area contributed by atoms with Gasteiger partial charge in [0.05, 0.1) is 18.3 Å². The molecule has 88 valence electrons. The first-order chi connectivity index (χ1) is 8.27. The van der Waals surface area contributed by atoms with Crippen molar-refractivity contribution < 1.29 is 4.79 Å². The zero-order chi connectivity index (χ0) is 12.1. The summed E-state index contributed by atoms with van der Waals surface area (Å²) in [5.74, 6) is -0.129. The third-order valence-corrected chi connectivity index (χ3v) is 2.64. The van der Waals surface area contributed by atoms with E-state index in [4.69, 9.17) is 0 Å². The van der Waals surface area contributed by atoms with E-state index in [2.05, 4.69) is 28.3 Å². The molecule has 1 amide bonds. The molecule has 0 aliphatic rings. The normalized spacial score (nSPS) is 10.2. The predicted octanol–water partition coefficient (Wildman–Crippen LogP) is 0.997. The highest BCUT2D eigenvalue weighted by Crippen LogP contribution is 2.12. The first-order valence-electron chi connectivity index (χ1n) is 5.17. The lowest BCUT2D eigenvalue weighted by atomic mass is 10.2. The Morgan fingerprint density at radius 2 is 2.24 bits per heavy atom. The molecule has 0 aliphatic heterocycles. The molecule has 6 heteroatoms. The zero-order valence-electron chi connectivity index (χ0n) is 9.08. The number of hydrogen-bond acceptors (Lipinski definition) is 4. The van der Waals surface area contributed by atoms with Crippen LogP contribution in [0.4, 0.5) is 0 Å².